The van der Waals surface area contributed by atoms with Gasteiger partial charge >= 0.3 is 7.12 Å². The van der Waals surface area contributed by atoms with Crippen molar-refractivity contribution in [2.45, 2.75) is 0 Å². The molecule has 0 atom stereocenters. The SMILES string of the molecule is COCCOc1ccc(B(O)O)cc1-c1ccc2c(N)cnnc2c1. The Morgan fingerprint density at radius 3 is 2.72 bits per heavy atom. The van der Waals surface area contributed by atoms with E-state index >= 15 is 0 Å². The molecule has 1 heterocycles. The summed E-state index contributed by atoms with van der Waals surface area (Å²) >= 11 is 0. The maximum atomic E-state index is 9.46. The van der Waals surface area contributed by atoms with Crippen molar-refractivity contribution >= 4 is 29.2 Å². The first-order chi connectivity index (χ1) is 12.1. The third kappa shape index (κ3) is 3.71. The Morgan fingerprint density at radius 2 is 1.96 bits per heavy atom. The average Bonchev–Trinajstić information content (AvgIpc) is 2.62. The third-order valence-electron chi connectivity index (χ3n) is 3.83. The van der Waals surface area contributed by atoms with E-state index < -0.39 is 7.12 Å². The summed E-state index contributed by atoms with van der Waals surface area (Å²) in [6, 6.07) is 10.6. The smallest absolute Gasteiger partial charge is 0.488 e. The van der Waals surface area contributed by atoms with E-state index in [0.717, 1.165) is 10.9 Å². The summed E-state index contributed by atoms with van der Waals surface area (Å²) in [4.78, 5) is 0. The Hall–Kier alpha value is -2.68. The Kier molecular flexibility index (Phi) is 5.13. The first-order valence-corrected chi connectivity index (χ1v) is 7.73. The summed E-state index contributed by atoms with van der Waals surface area (Å²) < 4.78 is 10.8. The summed E-state index contributed by atoms with van der Waals surface area (Å²) in [5.74, 6) is 0.609. The van der Waals surface area contributed by atoms with Crippen molar-refractivity contribution < 1.29 is 19.5 Å². The summed E-state index contributed by atoms with van der Waals surface area (Å²) in [5, 5.41) is 27.7. The average molecular weight is 339 g/mol. The molecule has 0 fully saturated rings. The normalized spacial score (nSPS) is 10.8. The first-order valence-electron chi connectivity index (χ1n) is 7.73. The van der Waals surface area contributed by atoms with Crippen LogP contribution in [0.5, 0.6) is 5.75 Å². The van der Waals surface area contributed by atoms with Crippen molar-refractivity contribution in [3.8, 4) is 16.9 Å². The summed E-state index contributed by atoms with van der Waals surface area (Å²) in [6.45, 7) is 0.828. The van der Waals surface area contributed by atoms with E-state index in [9.17, 15) is 10.0 Å². The Balaban J connectivity index is 2.08. The van der Waals surface area contributed by atoms with Crippen molar-refractivity contribution in [3.05, 3.63) is 42.6 Å². The lowest BCUT2D eigenvalue weighted by Crippen LogP contribution is -2.29. The zero-order valence-electron chi connectivity index (χ0n) is 13.7. The van der Waals surface area contributed by atoms with Gasteiger partial charge in [-0.1, -0.05) is 18.2 Å². The number of anilines is 1. The molecule has 128 valence electrons. The molecule has 0 bridgehead atoms. The van der Waals surface area contributed by atoms with Gasteiger partial charge in [0.25, 0.3) is 0 Å². The van der Waals surface area contributed by atoms with Crippen molar-refractivity contribution in [2.75, 3.05) is 26.1 Å². The summed E-state index contributed by atoms with van der Waals surface area (Å²) in [5.41, 5.74) is 9.00. The van der Waals surface area contributed by atoms with Crippen LogP contribution in [-0.4, -0.2) is 47.7 Å². The van der Waals surface area contributed by atoms with Gasteiger partial charge in [-0.25, -0.2) is 0 Å². The highest BCUT2D eigenvalue weighted by Gasteiger charge is 2.16. The van der Waals surface area contributed by atoms with Crippen LogP contribution >= 0.6 is 0 Å². The number of fused-ring (bicyclic) bond motifs is 1. The maximum absolute atomic E-state index is 9.46. The quantitative estimate of drug-likeness (QED) is 0.445. The van der Waals surface area contributed by atoms with Crippen molar-refractivity contribution in [3.63, 3.8) is 0 Å². The van der Waals surface area contributed by atoms with Gasteiger partial charge in [0, 0.05) is 18.1 Å². The largest absolute Gasteiger partial charge is 0.491 e. The van der Waals surface area contributed by atoms with Crippen LogP contribution in [0.4, 0.5) is 5.69 Å². The van der Waals surface area contributed by atoms with Gasteiger partial charge in [-0.05, 0) is 29.2 Å². The second-order valence-electron chi connectivity index (χ2n) is 5.50. The third-order valence-corrected chi connectivity index (χ3v) is 3.83. The lowest BCUT2D eigenvalue weighted by Gasteiger charge is -2.14. The van der Waals surface area contributed by atoms with E-state index in [-0.39, 0.29) is 0 Å². The second-order valence-corrected chi connectivity index (χ2v) is 5.50. The lowest BCUT2D eigenvalue weighted by molar-refractivity contribution is 0.146. The Bertz CT molecular complexity index is 889. The van der Waals surface area contributed by atoms with E-state index in [2.05, 4.69) is 10.2 Å². The van der Waals surface area contributed by atoms with Crippen molar-refractivity contribution in [1.82, 2.24) is 10.2 Å². The van der Waals surface area contributed by atoms with Crippen LogP contribution in [-0.2, 0) is 4.74 Å². The predicted molar refractivity (Wildman–Crippen MR) is 96.6 cm³/mol. The van der Waals surface area contributed by atoms with Crippen LogP contribution < -0.4 is 15.9 Å². The molecule has 3 rings (SSSR count). The number of hydrogen-bond donors (Lipinski definition) is 3. The van der Waals surface area contributed by atoms with Gasteiger partial charge < -0.3 is 25.3 Å². The highest BCUT2D eigenvalue weighted by molar-refractivity contribution is 6.58. The van der Waals surface area contributed by atoms with Gasteiger partial charge in [0.2, 0.25) is 0 Å². The van der Waals surface area contributed by atoms with Crippen molar-refractivity contribution in [2.24, 2.45) is 0 Å². The van der Waals surface area contributed by atoms with E-state index in [4.69, 9.17) is 15.2 Å². The van der Waals surface area contributed by atoms with Crippen LogP contribution in [0.1, 0.15) is 0 Å². The summed E-state index contributed by atoms with van der Waals surface area (Å²) in [7, 11) is 0.0321. The molecule has 1 aromatic heterocycles. The molecule has 7 nitrogen and oxygen atoms in total. The van der Waals surface area contributed by atoms with E-state index in [1.165, 1.54) is 6.20 Å². The van der Waals surface area contributed by atoms with Crippen LogP contribution in [0, 0.1) is 0 Å². The standard InChI is InChI=1S/C17H18BN3O4/c1-24-6-7-25-17-5-3-12(18(22)23)9-14(17)11-2-4-13-15(19)10-20-21-16(13)8-11/h2-5,8-10,22-23H,6-7H2,1H3,(H2,19,21). The van der Waals surface area contributed by atoms with Gasteiger partial charge in [0.1, 0.15) is 12.4 Å². The molecule has 0 spiro atoms. The Labute approximate surface area is 145 Å². The first kappa shape index (κ1) is 17.2. The fourth-order valence-corrected chi connectivity index (χ4v) is 2.54. The Morgan fingerprint density at radius 1 is 1.12 bits per heavy atom. The molecule has 3 aromatic rings. The minimum atomic E-state index is -1.57. The topological polar surface area (TPSA) is 111 Å². The number of hydrogen-bond acceptors (Lipinski definition) is 7. The maximum Gasteiger partial charge on any atom is 0.488 e. The van der Waals surface area contributed by atoms with Gasteiger partial charge in [-0.3, -0.25) is 0 Å². The van der Waals surface area contributed by atoms with Gasteiger partial charge in [-0.15, -0.1) is 0 Å². The minimum absolute atomic E-state index is 0.368. The molecule has 25 heavy (non-hydrogen) atoms. The predicted octanol–water partition coefficient (Wildman–Crippen LogP) is 0.584. The fraction of sp³-hybridized carbons (Fsp3) is 0.176. The molecule has 0 amide bonds. The molecule has 0 radical (unpaired) electrons. The zero-order valence-corrected chi connectivity index (χ0v) is 13.7. The molecule has 0 unspecified atom stereocenters. The number of nitrogen functional groups attached to an aromatic ring is 1. The van der Waals surface area contributed by atoms with E-state index in [0.29, 0.717) is 41.2 Å². The monoisotopic (exact) mass is 339 g/mol. The van der Waals surface area contributed by atoms with Gasteiger partial charge in [0.05, 0.1) is 24.0 Å². The minimum Gasteiger partial charge on any atom is -0.491 e. The molecule has 0 saturated heterocycles. The highest BCUT2D eigenvalue weighted by atomic mass is 16.5. The van der Waals surface area contributed by atoms with Crippen LogP contribution in [0.2, 0.25) is 0 Å². The molecular formula is C17H18BN3O4. The van der Waals surface area contributed by atoms with E-state index in [1.54, 1.807) is 25.3 Å². The molecular weight excluding hydrogens is 321 g/mol. The molecule has 4 N–H and O–H groups in total. The number of aromatic nitrogens is 2. The molecule has 8 heteroatoms. The summed E-state index contributed by atoms with van der Waals surface area (Å²) in [6.07, 6.45) is 1.50. The van der Waals surface area contributed by atoms with Gasteiger partial charge in [-0.2, -0.15) is 10.2 Å². The van der Waals surface area contributed by atoms with Crippen LogP contribution in [0.25, 0.3) is 22.0 Å². The number of ether oxygens (including phenoxy) is 2. The molecule has 0 aliphatic carbocycles. The lowest BCUT2D eigenvalue weighted by atomic mass is 9.79. The molecule has 0 aliphatic heterocycles. The zero-order chi connectivity index (χ0) is 17.8. The molecule has 2 aromatic carbocycles. The van der Waals surface area contributed by atoms with E-state index in [1.807, 2.05) is 18.2 Å². The molecule has 0 saturated carbocycles. The second kappa shape index (κ2) is 7.48. The van der Waals surface area contributed by atoms with Crippen LogP contribution in [0.15, 0.2) is 42.6 Å². The van der Waals surface area contributed by atoms with Crippen LogP contribution in [0.3, 0.4) is 0 Å². The number of nitrogens with zero attached hydrogens (tertiary/aromatic N) is 2. The number of benzene rings is 2. The van der Waals surface area contributed by atoms with Crippen molar-refractivity contribution in [1.29, 1.82) is 0 Å². The number of nitrogens with two attached hydrogens (primary N) is 1. The number of rotatable bonds is 6. The van der Waals surface area contributed by atoms with Gasteiger partial charge in [0.15, 0.2) is 0 Å². The number of methoxy groups -OCH3 is 1. The fourth-order valence-electron chi connectivity index (χ4n) is 2.54. The molecule has 0 aliphatic rings. The highest BCUT2D eigenvalue weighted by Crippen LogP contribution is 2.32.